The molecule has 1 heterocycles. The molecule has 0 saturated heterocycles. The number of nitriles is 1. The molecule has 0 spiro atoms. The summed E-state index contributed by atoms with van der Waals surface area (Å²) in [5.41, 5.74) is 1.64. The largest absolute Gasteiger partial charge is 0.299 e. The highest BCUT2D eigenvalue weighted by atomic mass is 15.1. The second-order valence-corrected chi connectivity index (χ2v) is 4.21. The first-order valence-corrected chi connectivity index (χ1v) is 5.72. The Kier molecular flexibility index (Phi) is 4.94. The molecule has 0 aliphatic rings. The standard InChI is InChI=1S/C13H19N3/c1-4-5-11(2)16(3)10-12-6-7-15-13(8-12)9-14/h6-8,11H,4-5,10H2,1-3H3. The Bertz CT molecular complexity index is 368. The van der Waals surface area contributed by atoms with Crippen LogP contribution in [0.4, 0.5) is 0 Å². The molecule has 0 amide bonds. The summed E-state index contributed by atoms with van der Waals surface area (Å²) in [5, 5.41) is 8.76. The van der Waals surface area contributed by atoms with E-state index in [4.69, 9.17) is 5.26 Å². The maximum Gasteiger partial charge on any atom is 0.140 e. The Labute approximate surface area is 97.7 Å². The maximum absolute atomic E-state index is 8.76. The lowest BCUT2D eigenvalue weighted by Crippen LogP contribution is -2.28. The molecule has 1 unspecified atom stereocenters. The third-order valence-corrected chi connectivity index (χ3v) is 2.83. The fourth-order valence-electron chi connectivity index (χ4n) is 1.72. The first-order valence-electron chi connectivity index (χ1n) is 5.72. The van der Waals surface area contributed by atoms with E-state index in [-0.39, 0.29) is 0 Å². The molecule has 16 heavy (non-hydrogen) atoms. The number of rotatable bonds is 5. The van der Waals surface area contributed by atoms with Crippen LogP contribution in [0, 0.1) is 11.3 Å². The number of nitrogens with zero attached hydrogens (tertiary/aromatic N) is 3. The molecule has 1 aromatic rings. The zero-order valence-electron chi connectivity index (χ0n) is 10.3. The van der Waals surface area contributed by atoms with E-state index in [9.17, 15) is 0 Å². The molecule has 1 aromatic heterocycles. The average molecular weight is 217 g/mol. The van der Waals surface area contributed by atoms with Crippen LogP contribution in [-0.2, 0) is 6.54 Å². The molecule has 0 radical (unpaired) electrons. The van der Waals surface area contributed by atoms with Crippen molar-refractivity contribution < 1.29 is 0 Å². The molecule has 86 valence electrons. The van der Waals surface area contributed by atoms with Gasteiger partial charge in [0.05, 0.1) is 0 Å². The summed E-state index contributed by atoms with van der Waals surface area (Å²) in [4.78, 5) is 6.27. The lowest BCUT2D eigenvalue weighted by molar-refractivity contribution is 0.237. The van der Waals surface area contributed by atoms with Gasteiger partial charge in [0.2, 0.25) is 0 Å². The topological polar surface area (TPSA) is 39.9 Å². The first kappa shape index (κ1) is 12.7. The van der Waals surface area contributed by atoms with Crippen LogP contribution in [-0.4, -0.2) is 23.0 Å². The molecule has 0 N–H and O–H groups in total. The predicted octanol–water partition coefficient (Wildman–Crippen LogP) is 2.57. The zero-order valence-corrected chi connectivity index (χ0v) is 10.3. The highest BCUT2D eigenvalue weighted by Gasteiger charge is 2.08. The normalized spacial score (nSPS) is 12.4. The number of hydrogen-bond acceptors (Lipinski definition) is 3. The predicted molar refractivity (Wildman–Crippen MR) is 64.8 cm³/mol. The summed E-state index contributed by atoms with van der Waals surface area (Å²) in [7, 11) is 2.12. The monoisotopic (exact) mass is 217 g/mol. The van der Waals surface area contributed by atoms with Crippen LogP contribution in [0.25, 0.3) is 0 Å². The molecule has 0 aliphatic heterocycles. The fourth-order valence-corrected chi connectivity index (χ4v) is 1.72. The molecule has 1 rings (SSSR count). The average Bonchev–Trinajstić information content (AvgIpc) is 2.29. The summed E-state index contributed by atoms with van der Waals surface area (Å²) >= 11 is 0. The minimum absolute atomic E-state index is 0.494. The van der Waals surface area contributed by atoms with Crippen LogP contribution >= 0.6 is 0 Å². The lowest BCUT2D eigenvalue weighted by Gasteiger charge is -2.24. The van der Waals surface area contributed by atoms with E-state index in [1.165, 1.54) is 12.8 Å². The summed E-state index contributed by atoms with van der Waals surface area (Å²) in [5.74, 6) is 0. The zero-order chi connectivity index (χ0) is 12.0. The third-order valence-electron chi connectivity index (χ3n) is 2.83. The molecular formula is C13H19N3. The van der Waals surface area contributed by atoms with Gasteiger partial charge in [-0.25, -0.2) is 4.98 Å². The molecule has 0 aromatic carbocycles. The van der Waals surface area contributed by atoms with Gasteiger partial charge in [-0.3, -0.25) is 4.90 Å². The van der Waals surface area contributed by atoms with Crippen molar-refractivity contribution in [2.24, 2.45) is 0 Å². The van der Waals surface area contributed by atoms with Crippen molar-refractivity contribution >= 4 is 0 Å². The Morgan fingerprint density at radius 2 is 2.31 bits per heavy atom. The van der Waals surface area contributed by atoms with E-state index in [0.717, 1.165) is 12.1 Å². The first-order chi connectivity index (χ1) is 7.67. The molecule has 1 atom stereocenters. The summed E-state index contributed by atoms with van der Waals surface area (Å²) < 4.78 is 0. The van der Waals surface area contributed by atoms with Crippen molar-refractivity contribution in [3.05, 3.63) is 29.6 Å². The van der Waals surface area contributed by atoms with Gasteiger partial charge in [-0.15, -0.1) is 0 Å². The van der Waals surface area contributed by atoms with Gasteiger partial charge in [0.25, 0.3) is 0 Å². The molecule has 3 nitrogen and oxygen atoms in total. The van der Waals surface area contributed by atoms with Crippen molar-refractivity contribution in [2.75, 3.05) is 7.05 Å². The van der Waals surface area contributed by atoms with E-state index < -0.39 is 0 Å². The summed E-state index contributed by atoms with van der Waals surface area (Å²) in [6, 6.07) is 6.46. The molecule has 0 aliphatic carbocycles. The number of hydrogen-bond donors (Lipinski definition) is 0. The second kappa shape index (κ2) is 6.24. The van der Waals surface area contributed by atoms with Gasteiger partial charge in [0.1, 0.15) is 11.8 Å². The van der Waals surface area contributed by atoms with Crippen LogP contribution in [0.1, 0.15) is 37.9 Å². The fraction of sp³-hybridized carbons (Fsp3) is 0.538. The van der Waals surface area contributed by atoms with E-state index >= 15 is 0 Å². The third kappa shape index (κ3) is 3.63. The van der Waals surface area contributed by atoms with E-state index in [1.807, 2.05) is 12.1 Å². The lowest BCUT2D eigenvalue weighted by atomic mass is 10.1. The van der Waals surface area contributed by atoms with Gasteiger partial charge < -0.3 is 0 Å². The van der Waals surface area contributed by atoms with Gasteiger partial charge in [0.15, 0.2) is 0 Å². The minimum atomic E-state index is 0.494. The van der Waals surface area contributed by atoms with Gasteiger partial charge in [0, 0.05) is 18.8 Å². The van der Waals surface area contributed by atoms with Gasteiger partial charge in [-0.1, -0.05) is 13.3 Å². The van der Waals surface area contributed by atoms with Crippen LogP contribution in [0.3, 0.4) is 0 Å². The second-order valence-electron chi connectivity index (χ2n) is 4.21. The van der Waals surface area contributed by atoms with Crippen molar-refractivity contribution in [1.29, 1.82) is 5.26 Å². The van der Waals surface area contributed by atoms with Gasteiger partial charge in [-0.05, 0) is 38.1 Å². The van der Waals surface area contributed by atoms with Crippen LogP contribution in [0.5, 0.6) is 0 Å². The summed E-state index contributed by atoms with van der Waals surface area (Å²) in [6.07, 6.45) is 4.10. The summed E-state index contributed by atoms with van der Waals surface area (Å²) in [6.45, 7) is 5.30. The van der Waals surface area contributed by atoms with E-state index in [1.54, 1.807) is 6.20 Å². The number of pyridine rings is 1. The minimum Gasteiger partial charge on any atom is -0.299 e. The maximum atomic E-state index is 8.76. The Morgan fingerprint density at radius 1 is 1.56 bits per heavy atom. The van der Waals surface area contributed by atoms with Gasteiger partial charge in [-0.2, -0.15) is 5.26 Å². The molecule has 0 bridgehead atoms. The van der Waals surface area contributed by atoms with Crippen LogP contribution in [0.15, 0.2) is 18.3 Å². The van der Waals surface area contributed by atoms with Gasteiger partial charge >= 0.3 is 0 Å². The van der Waals surface area contributed by atoms with Crippen molar-refractivity contribution in [1.82, 2.24) is 9.88 Å². The van der Waals surface area contributed by atoms with Crippen LogP contribution in [0.2, 0.25) is 0 Å². The van der Waals surface area contributed by atoms with Crippen LogP contribution < -0.4 is 0 Å². The molecule has 0 fully saturated rings. The van der Waals surface area contributed by atoms with Crippen molar-refractivity contribution in [3.8, 4) is 6.07 Å². The van der Waals surface area contributed by atoms with Crippen molar-refractivity contribution in [2.45, 2.75) is 39.3 Å². The number of aromatic nitrogens is 1. The molecule has 0 saturated carbocycles. The molecular weight excluding hydrogens is 198 g/mol. The molecule has 3 heteroatoms. The van der Waals surface area contributed by atoms with E-state index in [0.29, 0.717) is 11.7 Å². The highest BCUT2D eigenvalue weighted by Crippen LogP contribution is 2.10. The Balaban J connectivity index is 2.62. The Hall–Kier alpha value is -1.40. The smallest absolute Gasteiger partial charge is 0.140 e. The Morgan fingerprint density at radius 3 is 2.94 bits per heavy atom. The van der Waals surface area contributed by atoms with E-state index in [2.05, 4.69) is 36.8 Å². The quantitative estimate of drug-likeness (QED) is 0.761. The SMILES string of the molecule is CCCC(C)N(C)Cc1ccnc(C#N)c1. The van der Waals surface area contributed by atoms with Crippen molar-refractivity contribution in [3.63, 3.8) is 0 Å². The highest BCUT2D eigenvalue weighted by molar-refractivity contribution is 5.25.